The van der Waals surface area contributed by atoms with Gasteiger partial charge in [0.25, 0.3) is 0 Å². The van der Waals surface area contributed by atoms with Gasteiger partial charge in [0.15, 0.2) is 0 Å². The maximum Gasteiger partial charge on any atom is 0.248 e. The van der Waals surface area contributed by atoms with Gasteiger partial charge in [0.1, 0.15) is 6.04 Å². The van der Waals surface area contributed by atoms with Gasteiger partial charge in [0.05, 0.1) is 39.9 Å². The third-order valence-corrected chi connectivity index (χ3v) is 11.5. The Balaban J connectivity index is 1.37. The molecular formula is C33H34ClN3O4S. The quantitative estimate of drug-likeness (QED) is 0.334. The summed E-state index contributed by atoms with van der Waals surface area (Å²) in [6.45, 7) is 2.13. The number of thioether (sulfide) groups is 1. The summed E-state index contributed by atoms with van der Waals surface area (Å²) >= 11 is 8.02. The number of hydrogen-bond donors (Lipinski definition) is 3. The molecule has 3 unspecified atom stereocenters. The van der Waals surface area contributed by atoms with E-state index < -0.39 is 28.7 Å². The number of aliphatic hydroxyl groups is 1. The molecule has 3 amide bonds. The second-order valence-corrected chi connectivity index (χ2v) is 13.5. The number of fused-ring (bicyclic) bond motifs is 1. The molecule has 7 nitrogen and oxygen atoms in total. The fourth-order valence-corrected chi connectivity index (χ4v) is 9.85. The number of carbonyl (C=O) groups excluding carboxylic acids is 3. The van der Waals surface area contributed by atoms with E-state index in [1.807, 2.05) is 60.7 Å². The lowest BCUT2D eigenvalue weighted by atomic mass is 9.66. The SMILES string of the molecule is CC1C[C@@H]2SC13C(C(=O)Nc1ccccc1Cl)N([C@@H](CO)Cc1ccccc1)C(=O)[C@@H]3[C@@H]2C(=O)NCc1ccccc1. The number of amides is 3. The van der Waals surface area contributed by atoms with E-state index in [1.165, 1.54) is 0 Å². The predicted molar refractivity (Wildman–Crippen MR) is 165 cm³/mol. The van der Waals surface area contributed by atoms with Crippen LogP contribution in [0.5, 0.6) is 0 Å². The van der Waals surface area contributed by atoms with Gasteiger partial charge >= 0.3 is 0 Å². The first-order chi connectivity index (χ1) is 20.3. The van der Waals surface area contributed by atoms with Gasteiger partial charge in [-0.25, -0.2) is 0 Å². The topological polar surface area (TPSA) is 98.7 Å². The van der Waals surface area contributed by atoms with Crippen LogP contribution in [0.25, 0.3) is 0 Å². The average Bonchev–Trinajstić information content (AvgIpc) is 3.60. The van der Waals surface area contributed by atoms with E-state index >= 15 is 0 Å². The van der Waals surface area contributed by atoms with Gasteiger partial charge in [-0.1, -0.05) is 91.3 Å². The number of anilines is 1. The van der Waals surface area contributed by atoms with Gasteiger partial charge in [-0.3, -0.25) is 14.4 Å². The molecule has 7 atom stereocenters. The molecule has 3 fully saturated rings. The first-order valence-corrected chi connectivity index (χ1v) is 15.6. The summed E-state index contributed by atoms with van der Waals surface area (Å²) in [7, 11) is 0. The standard InChI is InChI=1S/C33H34ClN3O4S/c1-20-16-26-27(30(39)35-18-22-12-6-3-7-13-22)28-32(41)37(23(19-38)17-21-10-4-2-5-11-21)29(33(20,28)42-26)31(40)36-25-15-9-8-14-24(25)34/h2-15,20,23,26-29,38H,16-19H2,1H3,(H,35,39)(H,36,40)/t20?,23-,26+,27-,28+,29?,33?/m1/s1. The lowest BCUT2D eigenvalue weighted by Crippen LogP contribution is -2.57. The number of aliphatic hydroxyl groups excluding tert-OH is 1. The van der Waals surface area contributed by atoms with Crippen molar-refractivity contribution in [2.45, 2.75) is 48.4 Å². The van der Waals surface area contributed by atoms with Crippen LogP contribution in [-0.4, -0.2) is 56.4 Å². The Labute approximate surface area is 255 Å². The van der Waals surface area contributed by atoms with Gasteiger partial charge in [0, 0.05) is 11.8 Å². The zero-order valence-electron chi connectivity index (χ0n) is 23.3. The van der Waals surface area contributed by atoms with Crippen molar-refractivity contribution in [1.82, 2.24) is 10.2 Å². The van der Waals surface area contributed by atoms with Crippen LogP contribution in [0.3, 0.4) is 0 Å². The van der Waals surface area contributed by atoms with Crippen LogP contribution in [0.2, 0.25) is 5.02 Å². The minimum atomic E-state index is -0.885. The van der Waals surface area contributed by atoms with Crippen molar-refractivity contribution in [3.63, 3.8) is 0 Å². The molecule has 3 aromatic carbocycles. The number of nitrogens with zero attached hydrogens (tertiary/aromatic N) is 1. The van der Waals surface area contributed by atoms with Crippen molar-refractivity contribution in [2.75, 3.05) is 11.9 Å². The monoisotopic (exact) mass is 603 g/mol. The molecule has 0 aromatic heterocycles. The Bertz CT molecular complexity index is 1470. The van der Waals surface area contributed by atoms with Crippen LogP contribution in [0, 0.1) is 17.8 Å². The molecule has 3 aliphatic heterocycles. The number of nitrogens with one attached hydrogen (secondary N) is 2. The molecule has 2 bridgehead atoms. The zero-order chi connectivity index (χ0) is 29.4. The highest BCUT2D eigenvalue weighted by Crippen LogP contribution is 2.68. The second kappa shape index (κ2) is 11.7. The number of benzene rings is 3. The number of carbonyl (C=O) groups is 3. The van der Waals surface area contributed by atoms with E-state index in [1.54, 1.807) is 40.9 Å². The molecule has 9 heteroatoms. The van der Waals surface area contributed by atoms with E-state index in [2.05, 4.69) is 17.6 Å². The van der Waals surface area contributed by atoms with E-state index in [0.29, 0.717) is 23.7 Å². The summed E-state index contributed by atoms with van der Waals surface area (Å²) < 4.78 is -0.814. The van der Waals surface area contributed by atoms with Gasteiger partial charge in [0.2, 0.25) is 17.7 Å². The second-order valence-electron chi connectivity index (χ2n) is 11.5. The Kier molecular flexibility index (Phi) is 8.05. The smallest absolute Gasteiger partial charge is 0.248 e. The number of likely N-dealkylation sites (tertiary alicyclic amines) is 1. The summed E-state index contributed by atoms with van der Waals surface area (Å²) in [5.41, 5.74) is 2.39. The summed E-state index contributed by atoms with van der Waals surface area (Å²) in [6, 6.07) is 24.8. The van der Waals surface area contributed by atoms with Gasteiger partial charge in [-0.2, -0.15) is 0 Å². The van der Waals surface area contributed by atoms with E-state index in [-0.39, 0.29) is 35.5 Å². The zero-order valence-corrected chi connectivity index (χ0v) is 24.9. The molecule has 0 aliphatic carbocycles. The van der Waals surface area contributed by atoms with Crippen LogP contribution in [-0.2, 0) is 27.3 Å². The van der Waals surface area contributed by atoms with Gasteiger partial charge in [-0.05, 0) is 42.0 Å². The van der Waals surface area contributed by atoms with E-state index in [9.17, 15) is 19.5 Å². The third-order valence-electron chi connectivity index (χ3n) is 9.09. The summed E-state index contributed by atoms with van der Waals surface area (Å²) in [4.78, 5) is 44.2. The number of halogens is 1. The minimum Gasteiger partial charge on any atom is -0.394 e. The average molecular weight is 604 g/mol. The van der Waals surface area contributed by atoms with Crippen LogP contribution < -0.4 is 10.6 Å². The molecule has 3 N–H and O–H groups in total. The van der Waals surface area contributed by atoms with Crippen LogP contribution in [0.4, 0.5) is 5.69 Å². The Morgan fingerprint density at radius 3 is 2.31 bits per heavy atom. The molecular weight excluding hydrogens is 570 g/mol. The van der Waals surface area contributed by atoms with E-state index in [4.69, 9.17) is 11.6 Å². The number of hydrogen-bond acceptors (Lipinski definition) is 5. The number of rotatable bonds is 9. The maximum atomic E-state index is 14.5. The number of para-hydroxylation sites is 1. The lowest BCUT2D eigenvalue weighted by Gasteiger charge is -2.40. The maximum absolute atomic E-state index is 14.5. The first-order valence-electron chi connectivity index (χ1n) is 14.4. The van der Waals surface area contributed by atoms with Crippen molar-refractivity contribution in [2.24, 2.45) is 17.8 Å². The highest BCUT2D eigenvalue weighted by molar-refractivity contribution is 8.02. The molecule has 6 rings (SSSR count). The summed E-state index contributed by atoms with van der Waals surface area (Å²) in [5, 5.41) is 17.0. The summed E-state index contributed by atoms with van der Waals surface area (Å²) in [5.74, 6) is -2.01. The molecule has 1 spiro atoms. The fraction of sp³-hybridized carbons (Fsp3) is 0.364. The van der Waals surface area contributed by atoms with Crippen LogP contribution in [0.1, 0.15) is 24.5 Å². The molecule has 3 aromatic rings. The van der Waals surface area contributed by atoms with Crippen LogP contribution >= 0.6 is 23.4 Å². The van der Waals surface area contributed by atoms with Crippen LogP contribution in [0.15, 0.2) is 84.9 Å². The predicted octanol–water partition coefficient (Wildman–Crippen LogP) is 4.54. The molecule has 3 aliphatic rings. The molecule has 218 valence electrons. The highest BCUT2D eigenvalue weighted by atomic mass is 35.5. The van der Waals surface area contributed by atoms with Crippen molar-refractivity contribution in [3.8, 4) is 0 Å². The summed E-state index contributed by atoms with van der Waals surface area (Å²) in [6.07, 6.45) is 1.11. The molecule has 3 heterocycles. The fourth-order valence-electron chi connectivity index (χ4n) is 7.26. The first kappa shape index (κ1) is 28.8. The van der Waals surface area contributed by atoms with Crippen molar-refractivity contribution in [3.05, 3.63) is 101 Å². The molecule has 0 saturated carbocycles. The molecule has 3 saturated heterocycles. The Morgan fingerprint density at radius 2 is 1.64 bits per heavy atom. The largest absolute Gasteiger partial charge is 0.394 e. The van der Waals surface area contributed by atoms with Crippen molar-refractivity contribution < 1.29 is 19.5 Å². The molecule has 42 heavy (non-hydrogen) atoms. The van der Waals surface area contributed by atoms with E-state index in [0.717, 1.165) is 17.5 Å². The lowest BCUT2D eigenvalue weighted by molar-refractivity contribution is -0.142. The Morgan fingerprint density at radius 1 is 1.00 bits per heavy atom. The minimum absolute atomic E-state index is 0.00249. The van der Waals surface area contributed by atoms with Crippen molar-refractivity contribution in [1.29, 1.82) is 0 Å². The normalized spacial score (nSPS) is 28.4. The Hall–Kier alpha value is -3.33. The van der Waals surface area contributed by atoms with Crippen molar-refractivity contribution >= 4 is 46.8 Å². The van der Waals surface area contributed by atoms with Gasteiger partial charge < -0.3 is 20.6 Å². The molecule has 0 radical (unpaired) electrons. The third kappa shape index (κ3) is 4.89. The van der Waals surface area contributed by atoms with Gasteiger partial charge in [-0.15, -0.1) is 11.8 Å². The highest BCUT2D eigenvalue weighted by Gasteiger charge is 2.76.